The molecule has 59 heavy (non-hydrogen) atoms. The fourth-order valence-electron chi connectivity index (χ4n) is 6.37. The molecule has 1 aromatic heterocycles. The lowest BCUT2D eigenvalue weighted by molar-refractivity contribution is -0.138. The fourth-order valence-corrected chi connectivity index (χ4v) is 6.37. The van der Waals surface area contributed by atoms with E-state index in [4.69, 9.17) is 29.4 Å². The normalized spacial score (nSPS) is 12.3. The van der Waals surface area contributed by atoms with Crippen molar-refractivity contribution < 1.29 is 43.2 Å². The highest BCUT2D eigenvalue weighted by atomic mass is 16.6. The average Bonchev–Trinajstić information content (AvgIpc) is 3.22. The smallest absolute Gasteiger partial charge is 0.305 e. The molecule has 4 rings (SSSR count). The lowest BCUT2D eigenvalue weighted by Crippen LogP contribution is -2.48. The number of aliphatic carboxylic acids is 1. The molecule has 0 spiro atoms. The molecule has 14 nitrogen and oxygen atoms in total. The van der Waals surface area contributed by atoms with Crippen LogP contribution in [0.2, 0.25) is 0 Å². The van der Waals surface area contributed by atoms with Gasteiger partial charge in [0.15, 0.2) is 0 Å². The third-order valence-corrected chi connectivity index (χ3v) is 9.23. The number of amides is 2. The average molecular weight is 816 g/mol. The van der Waals surface area contributed by atoms with Crippen molar-refractivity contribution in [1.29, 1.82) is 0 Å². The van der Waals surface area contributed by atoms with Crippen LogP contribution in [0.3, 0.4) is 0 Å². The van der Waals surface area contributed by atoms with Gasteiger partial charge in [-0.2, -0.15) is 0 Å². The Balaban J connectivity index is 1.30. The zero-order chi connectivity index (χ0) is 42.2. The molecule has 4 aromatic rings. The van der Waals surface area contributed by atoms with Crippen LogP contribution >= 0.6 is 0 Å². The summed E-state index contributed by atoms with van der Waals surface area (Å²) in [5.74, 6) is -0.141. The van der Waals surface area contributed by atoms with Crippen LogP contribution in [0.4, 0.5) is 5.82 Å². The number of aryl methyl sites for hydroxylation is 1. The summed E-state index contributed by atoms with van der Waals surface area (Å²) in [4.78, 5) is 42.8. The standard InChI is InChI=1S/C45H61N5O9/c1-32(2)29-40(49-43(51)9-6-18-47-42-30-33(3)16-19-48-42)45(54)50-39(31-44(52)53)35-12-10-34(11-13-35)36-14-15-41(38-8-5-4-7-37(36)38)59-28-27-58-26-25-57-24-23-56-22-21-55-20-17-46/h4-5,7-8,10-16,19,30,32,39-40H,6,9,17-18,20-29,31,46H2,1-3H3,(H,47,48)(H,49,51)(H,50,54)(H,52,53)/t39-,40-/m0/s1. The maximum Gasteiger partial charge on any atom is 0.305 e. The third kappa shape index (κ3) is 16.9. The number of aromatic nitrogens is 1. The van der Waals surface area contributed by atoms with Crippen molar-refractivity contribution in [2.24, 2.45) is 11.7 Å². The van der Waals surface area contributed by atoms with E-state index in [1.807, 2.05) is 93.6 Å². The van der Waals surface area contributed by atoms with Gasteiger partial charge >= 0.3 is 5.97 Å². The molecule has 2 atom stereocenters. The van der Waals surface area contributed by atoms with Gasteiger partial charge in [0, 0.05) is 31.1 Å². The minimum Gasteiger partial charge on any atom is -0.491 e. The van der Waals surface area contributed by atoms with Gasteiger partial charge in [-0.05, 0) is 71.5 Å². The van der Waals surface area contributed by atoms with E-state index < -0.39 is 24.0 Å². The molecule has 320 valence electrons. The van der Waals surface area contributed by atoms with Gasteiger partial charge in [0.05, 0.1) is 65.3 Å². The van der Waals surface area contributed by atoms with Crippen LogP contribution in [-0.4, -0.2) is 106 Å². The summed E-state index contributed by atoms with van der Waals surface area (Å²) in [6.45, 7) is 11.2. The summed E-state index contributed by atoms with van der Waals surface area (Å²) in [5, 5.41) is 20.7. The first-order chi connectivity index (χ1) is 28.6. The topological polar surface area (TPSA) is 193 Å². The van der Waals surface area contributed by atoms with Gasteiger partial charge < -0.3 is 50.5 Å². The van der Waals surface area contributed by atoms with E-state index in [2.05, 4.69) is 20.9 Å². The largest absolute Gasteiger partial charge is 0.491 e. The molecule has 0 bridgehead atoms. The Morgan fingerprint density at radius 1 is 0.780 bits per heavy atom. The molecule has 0 radical (unpaired) electrons. The third-order valence-electron chi connectivity index (χ3n) is 9.23. The molecule has 3 aromatic carbocycles. The molecular formula is C45H61N5O9. The SMILES string of the molecule is Cc1ccnc(NCCCC(=O)N[C@@H](CC(C)C)C(=O)N[C@@H](CC(=O)O)c2ccc(-c3ccc(OCCOCCOCCOCCOCCN)c4ccccc34)cc2)c1. The Kier molecular flexibility index (Phi) is 20.6. The number of carbonyl (C=O) groups is 3. The van der Waals surface area contributed by atoms with E-state index in [9.17, 15) is 19.5 Å². The molecule has 0 aliphatic heterocycles. The first kappa shape index (κ1) is 46.6. The molecule has 14 heteroatoms. The number of nitrogens with two attached hydrogens (primary N) is 1. The van der Waals surface area contributed by atoms with Crippen molar-refractivity contribution >= 4 is 34.4 Å². The first-order valence-electron chi connectivity index (χ1n) is 20.4. The molecule has 0 saturated heterocycles. The number of pyridine rings is 1. The van der Waals surface area contributed by atoms with Crippen LogP contribution in [-0.2, 0) is 33.3 Å². The first-order valence-corrected chi connectivity index (χ1v) is 20.4. The summed E-state index contributed by atoms with van der Waals surface area (Å²) in [6.07, 6.45) is 2.58. The van der Waals surface area contributed by atoms with Crippen molar-refractivity contribution in [1.82, 2.24) is 15.6 Å². The Labute approximate surface area is 347 Å². The van der Waals surface area contributed by atoms with E-state index in [1.165, 1.54) is 0 Å². The lowest BCUT2D eigenvalue weighted by atomic mass is 9.95. The molecule has 0 fully saturated rings. The van der Waals surface area contributed by atoms with Gasteiger partial charge in [-0.15, -0.1) is 0 Å². The molecule has 0 aliphatic carbocycles. The Bertz CT molecular complexity index is 1870. The van der Waals surface area contributed by atoms with Crippen molar-refractivity contribution in [3.8, 4) is 16.9 Å². The van der Waals surface area contributed by atoms with Crippen LogP contribution < -0.4 is 26.4 Å². The predicted molar refractivity (Wildman–Crippen MR) is 228 cm³/mol. The number of anilines is 1. The number of fused-ring (bicyclic) bond motifs is 1. The Hall–Kier alpha value is -5.12. The Morgan fingerprint density at radius 2 is 1.42 bits per heavy atom. The van der Waals surface area contributed by atoms with E-state index in [0.717, 1.165) is 39.0 Å². The van der Waals surface area contributed by atoms with E-state index >= 15 is 0 Å². The molecule has 0 unspecified atom stereocenters. The number of nitrogens with zero attached hydrogens (tertiary/aromatic N) is 1. The number of benzene rings is 3. The molecular weight excluding hydrogens is 755 g/mol. The molecule has 6 N–H and O–H groups in total. The Morgan fingerprint density at radius 3 is 2.05 bits per heavy atom. The minimum absolute atomic E-state index is 0.109. The van der Waals surface area contributed by atoms with Gasteiger partial charge in [-0.25, -0.2) is 4.98 Å². The van der Waals surface area contributed by atoms with Crippen LogP contribution in [0, 0.1) is 12.8 Å². The highest BCUT2D eigenvalue weighted by Gasteiger charge is 2.26. The lowest BCUT2D eigenvalue weighted by Gasteiger charge is -2.24. The quantitative estimate of drug-likeness (QED) is 0.0423. The second-order valence-corrected chi connectivity index (χ2v) is 14.5. The maximum absolute atomic E-state index is 13.6. The van der Waals surface area contributed by atoms with E-state index in [0.29, 0.717) is 91.0 Å². The summed E-state index contributed by atoms with van der Waals surface area (Å²) >= 11 is 0. The number of hydrogen-bond acceptors (Lipinski definition) is 11. The van der Waals surface area contributed by atoms with Crippen molar-refractivity contribution in [2.45, 2.75) is 58.5 Å². The molecule has 0 saturated carbocycles. The van der Waals surface area contributed by atoms with Gasteiger partial charge in [-0.3, -0.25) is 14.4 Å². The zero-order valence-electron chi connectivity index (χ0n) is 34.6. The van der Waals surface area contributed by atoms with Crippen molar-refractivity contribution in [3.63, 3.8) is 0 Å². The summed E-state index contributed by atoms with van der Waals surface area (Å²) in [6, 6.07) is 21.6. The number of rotatable bonds is 29. The second kappa shape index (κ2) is 26.1. The highest BCUT2D eigenvalue weighted by molar-refractivity contribution is 6.00. The number of carbonyl (C=O) groups excluding carboxylic acids is 2. The number of carboxylic acid groups (broad SMARTS) is 1. The number of nitrogens with one attached hydrogen (secondary N) is 3. The summed E-state index contributed by atoms with van der Waals surface area (Å²) in [7, 11) is 0. The number of carboxylic acids is 1. The van der Waals surface area contributed by atoms with Crippen molar-refractivity contribution in [3.05, 3.63) is 90.1 Å². The minimum atomic E-state index is -1.05. The fraction of sp³-hybridized carbons (Fsp3) is 0.467. The van der Waals surface area contributed by atoms with E-state index in [1.54, 1.807) is 6.20 Å². The van der Waals surface area contributed by atoms with Crippen molar-refractivity contribution in [2.75, 3.05) is 77.9 Å². The van der Waals surface area contributed by atoms with Crippen LogP contribution in [0.15, 0.2) is 79.0 Å². The van der Waals surface area contributed by atoms with Gasteiger partial charge in [0.25, 0.3) is 0 Å². The van der Waals surface area contributed by atoms with Gasteiger partial charge in [-0.1, -0.05) is 68.4 Å². The van der Waals surface area contributed by atoms with E-state index in [-0.39, 0.29) is 24.7 Å². The zero-order valence-corrected chi connectivity index (χ0v) is 34.6. The van der Waals surface area contributed by atoms with Gasteiger partial charge in [0.2, 0.25) is 11.8 Å². The number of hydrogen-bond donors (Lipinski definition) is 5. The number of ether oxygens (including phenoxy) is 5. The van der Waals surface area contributed by atoms with Crippen LogP contribution in [0.1, 0.15) is 56.7 Å². The summed E-state index contributed by atoms with van der Waals surface area (Å²) in [5.41, 5.74) is 9.00. The predicted octanol–water partition coefficient (Wildman–Crippen LogP) is 5.67. The van der Waals surface area contributed by atoms with Gasteiger partial charge in [0.1, 0.15) is 24.2 Å². The molecule has 0 aliphatic rings. The molecule has 1 heterocycles. The highest BCUT2D eigenvalue weighted by Crippen LogP contribution is 2.35. The second-order valence-electron chi connectivity index (χ2n) is 14.5. The van der Waals surface area contributed by atoms with Crippen LogP contribution in [0.25, 0.3) is 21.9 Å². The maximum atomic E-state index is 13.6. The van der Waals surface area contributed by atoms with Crippen LogP contribution in [0.5, 0.6) is 5.75 Å². The monoisotopic (exact) mass is 815 g/mol. The summed E-state index contributed by atoms with van der Waals surface area (Å²) < 4.78 is 28.0. The molecule has 2 amide bonds.